The molecule has 0 saturated heterocycles. The predicted octanol–water partition coefficient (Wildman–Crippen LogP) is -0.687. The molecule has 4 rings (SSSR count). The highest BCUT2D eigenvalue weighted by Crippen LogP contribution is 2.60. The molecule has 0 aromatic rings. The fourth-order valence-electron chi connectivity index (χ4n) is 5.09. The molecule has 0 heterocycles. The highest BCUT2D eigenvalue weighted by molar-refractivity contribution is 5.90. The molecule has 4 fully saturated rings. The van der Waals surface area contributed by atoms with Crippen LogP contribution in [0.25, 0.3) is 0 Å². The number of amides is 2. The number of carboxylic acids is 1. The molecule has 1 atom stereocenters. The molecule has 0 aromatic heterocycles. The van der Waals surface area contributed by atoms with Gasteiger partial charge in [0.15, 0.2) is 0 Å². The molecule has 0 aromatic carbocycles. The first kappa shape index (κ1) is 14.4. The van der Waals surface area contributed by atoms with Crippen LogP contribution in [0.4, 0.5) is 0 Å². The molecule has 6 nitrogen and oxygen atoms in total. The number of nitrogens with one attached hydrogen (secondary N) is 1. The lowest BCUT2D eigenvalue weighted by Crippen LogP contribution is -2.58. The van der Waals surface area contributed by atoms with Gasteiger partial charge in [0, 0.05) is 5.41 Å². The molecule has 0 spiro atoms. The van der Waals surface area contributed by atoms with Crippen molar-refractivity contribution >= 4 is 17.8 Å². The lowest BCUT2D eigenvalue weighted by molar-refractivity contribution is -0.308. The van der Waals surface area contributed by atoms with E-state index in [2.05, 4.69) is 5.32 Å². The second-order valence-electron chi connectivity index (χ2n) is 7.21. The first-order valence-corrected chi connectivity index (χ1v) is 7.68. The van der Waals surface area contributed by atoms with Crippen LogP contribution in [0, 0.1) is 23.2 Å². The lowest BCUT2D eigenvalue weighted by atomic mass is 9.49. The van der Waals surface area contributed by atoms with Crippen LogP contribution in [0.1, 0.15) is 44.9 Å². The van der Waals surface area contributed by atoms with E-state index in [1.807, 2.05) is 0 Å². The molecule has 3 N–H and O–H groups in total. The minimum absolute atomic E-state index is 0.225. The van der Waals surface area contributed by atoms with Crippen molar-refractivity contribution in [2.24, 2.45) is 28.9 Å². The van der Waals surface area contributed by atoms with Crippen LogP contribution in [0.5, 0.6) is 0 Å². The zero-order chi connectivity index (χ0) is 15.2. The fraction of sp³-hybridized carbons (Fsp3) is 0.800. The van der Waals surface area contributed by atoms with Crippen molar-refractivity contribution in [1.82, 2.24) is 5.32 Å². The SMILES string of the molecule is NC(=O)C[C@H](NC(=O)C12CC3CC(CC(C3)C1)C2)C(=O)[O-]. The number of carbonyl (C=O) groups excluding carboxylic acids is 3. The summed E-state index contributed by atoms with van der Waals surface area (Å²) in [6.45, 7) is 0. The zero-order valence-electron chi connectivity index (χ0n) is 12.0. The standard InChI is InChI=1S/C15H22N2O4/c16-12(18)4-11(13(19)20)17-14(21)15-5-8-1-9(6-15)3-10(2-8)7-15/h8-11H,1-7H2,(H2,16,18)(H,17,21)(H,19,20)/p-1/t8?,9?,10?,11-,15?/m0/s1. The van der Waals surface area contributed by atoms with Gasteiger partial charge in [0.05, 0.1) is 18.4 Å². The molecule has 4 bridgehead atoms. The van der Waals surface area contributed by atoms with E-state index < -0.39 is 29.8 Å². The summed E-state index contributed by atoms with van der Waals surface area (Å²) in [5, 5.41) is 13.6. The van der Waals surface area contributed by atoms with Crippen molar-refractivity contribution in [1.29, 1.82) is 0 Å². The Morgan fingerprint density at radius 1 is 1.10 bits per heavy atom. The van der Waals surface area contributed by atoms with E-state index in [0.29, 0.717) is 17.8 Å². The molecule has 6 heteroatoms. The first-order chi connectivity index (χ1) is 9.88. The second-order valence-corrected chi connectivity index (χ2v) is 7.21. The summed E-state index contributed by atoms with van der Waals surface area (Å²) in [5.41, 5.74) is 4.60. The van der Waals surface area contributed by atoms with Crippen LogP contribution in [0.15, 0.2) is 0 Å². The van der Waals surface area contributed by atoms with Gasteiger partial charge in [-0.15, -0.1) is 0 Å². The van der Waals surface area contributed by atoms with Gasteiger partial charge in [0.25, 0.3) is 0 Å². The number of carboxylic acid groups (broad SMARTS) is 1. The highest BCUT2D eigenvalue weighted by atomic mass is 16.4. The van der Waals surface area contributed by atoms with E-state index in [0.717, 1.165) is 19.3 Å². The van der Waals surface area contributed by atoms with Gasteiger partial charge in [-0.05, 0) is 56.3 Å². The van der Waals surface area contributed by atoms with Crippen LogP contribution < -0.4 is 16.2 Å². The number of aliphatic carboxylic acids is 1. The van der Waals surface area contributed by atoms with Crippen LogP contribution in [-0.2, 0) is 14.4 Å². The molecule has 0 unspecified atom stereocenters. The van der Waals surface area contributed by atoms with E-state index in [1.54, 1.807) is 0 Å². The summed E-state index contributed by atoms with van der Waals surface area (Å²) in [4.78, 5) is 34.6. The van der Waals surface area contributed by atoms with E-state index in [4.69, 9.17) is 5.73 Å². The van der Waals surface area contributed by atoms with Crippen LogP contribution in [-0.4, -0.2) is 23.8 Å². The number of carbonyl (C=O) groups is 3. The molecule has 0 radical (unpaired) electrons. The van der Waals surface area contributed by atoms with E-state index in [1.165, 1.54) is 19.3 Å². The Morgan fingerprint density at radius 2 is 1.57 bits per heavy atom. The van der Waals surface area contributed by atoms with Crippen molar-refractivity contribution in [2.75, 3.05) is 0 Å². The number of rotatable bonds is 5. The molecule has 0 aliphatic heterocycles. The molecular formula is C15H21N2O4-. The zero-order valence-corrected chi connectivity index (χ0v) is 12.0. The summed E-state index contributed by atoms with van der Waals surface area (Å²) < 4.78 is 0. The van der Waals surface area contributed by atoms with Gasteiger partial charge in [-0.25, -0.2) is 0 Å². The Labute approximate surface area is 123 Å². The highest BCUT2D eigenvalue weighted by Gasteiger charge is 2.54. The van der Waals surface area contributed by atoms with E-state index >= 15 is 0 Å². The quantitative estimate of drug-likeness (QED) is 0.698. The minimum atomic E-state index is -1.45. The van der Waals surface area contributed by atoms with Gasteiger partial charge in [-0.3, -0.25) is 9.59 Å². The summed E-state index contributed by atoms with van der Waals surface area (Å²) in [6.07, 6.45) is 5.75. The summed E-state index contributed by atoms with van der Waals surface area (Å²) in [6, 6.07) is -1.32. The fourth-order valence-corrected chi connectivity index (χ4v) is 5.09. The molecule has 2 amide bonds. The Hall–Kier alpha value is -1.59. The number of hydrogen-bond acceptors (Lipinski definition) is 4. The summed E-state index contributed by atoms with van der Waals surface area (Å²) >= 11 is 0. The van der Waals surface area contributed by atoms with Crippen molar-refractivity contribution in [2.45, 2.75) is 51.0 Å². The average molecular weight is 293 g/mol. The first-order valence-electron chi connectivity index (χ1n) is 7.68. The number of primary amides is 1. The van der Waals surface area contributed by atoms with Crippen LogP contribution in [0.2, 0.25) is 0 Å². The average Bonchev–Trinajstić information content (AvgIpc) is 2.35. The van der Waals surface area contributed by atoms with Gasteiger partial charge in [0.2, 0.25) is 11.8 Å². The maximum atomic E-state index is 12.6. The Kier molecular flexibility index (Phi) is 3.42. The minimum Gasteiger partial charge on any atom is -0.548 e. The third kappa shape index (κ3) is 2.63. The lowest BCUT2D eigenvalue weighted by Gasteiger charge is -2.55. The molecule has 4 aliphatic carbocycles. The van der Waals surface area contributed by atoms with Gasteiger partial charge < -0.3 is 21.0 Å². The van der Waals surface area contributed by atoms with Gasteiger partial charge in [-0.2, -0.15) is 0 Å². The second kappa shape index (κ2) is 5.00. The van der Waals surface area contributed by atoms with Crippen molar-refractivity contribution in [3.63, 3.8) is 0 Å². The van der Waals surface area contributed by atoms with E-state index in [-0.39, 0.29) is 5.91 Å². The summed E-state index contributed by atoms with van der Waals surface area (Å²) in [7, 11) is 0. The Bertz CT molecular complexity index is 453. The number of nitrogens with two attached hydrogens (primary N) is 1. The third-order valence-electron chi connectivity index (χ3n) is 5.52. The maximum Gasteiger partial charge on any atom is 0.226 e. The number of hydrogen-bond donors (Lipinski definition) is 2. The van der Waals surface area contributed by atoms with Gasteiger partial charge in [-0.1, -0.05) is 0 Å². The smallest absolute Gasteiger partial charge is 0.226 e. The predicted molar refractivity (Wildman–Crippen MR) is 71.4 cm³/mol. The molecule has 21 heavy (non-hydrogen) atoms. The summed E-state index contributed by atoms with van der Waals surface area (Å²) in [5.74, 6) is -0.641. The third-order valence-corrected chi connectivity index (χ3v) is 5.52. The van der Waals surface area contributed by atoms with Crippen LogP contribution in [0.3, 0.4) is 0 Å². The molecular weight excluding hydrogens is 272 g/mol. The van der Waals surface area contributed by atoms with Crippen molar-refractivity contribution < 1.29 is 19.5 Å². The maximum absolute atomic E-state index is 12.6. The molecule has 116 valence electrons. The largest absolute Gasteiger partial charge is 0.548 e. The normalized spacial score (nSPS) is 38.0. The van der Waals surface area contributed by atoms with E-state index in [9.17, 15) is 19.5 Å². The Balaban J connectivity index is 1.72. The molecule has 4 aliphatic rings. The van der Waals surface area contributed by atoms with Crippen LogP contribution >= 0.6 is 0 Å². The topological polar surface area (TPSA) is 112 Å². The van der Waals surface area contributed by atoms with Gasteiger partial charge >= 0.3 is 0 Å². The Morgan fingerprint density at radius 3 is 1.95 bits per heavy atom. The van der Waals surface area contributed by atoms with Crippen molar-refractivity contribution in [3.05, 3.63) is 0 Å². The molecule has 4 saturated carbocycles. The monoisotopic (exact) mass is 293 g/mol. The van der Waals surface area contributed by atoms with Crippen molar-refractivity contribution in [3.8, 4) is 0 Å². The van der Waals surface area contributed by atoms with Gasteiger partial charge in [0.1, 0.15) is 0 Å².